The van der Waals surface area contributed by atoms with Crippen molar-refractivity contribution >= 4 is 15.8 Å². The molecule has 1 aromatic heterocycles. The summed E-state index contributed by atoms with van der Waals surface area (Å²) in [5.41, 5.74) is -0.803. The van der Waals surface area contributed by atoms with E-state index in [9.17, 15) is 26.4 Å². The average Bonchev–Trinajstić information content (AvgIpc) is 2.57. The minimum Gasteiger partial charge on any atom is -0.472 e. The van der Waals surface area contributed by atoms with Crippen LogP contribution in [-0.4, -0.2) is 42.7 Å². The average molecular weight is 400 g/mol. The standard InChI is InChI=1S/C17H15F3N2O4S/c1-11(23)12-4-2-5-14(8-12)27(24,25)22-9-13(10-22)26-16-7-3-6-15(21-16)17(18,19)20/h2-8,13H,9-10H2,1H3. The van der Waals surface area contributed by atoms with Crippen molar-refractivity contribution in [3.63, 3.8) is 0 Å². The highest BCUT2D eigenvalue weighted by atomic mass is 32.2. The van der Waals surface area contributed by atoms with Crippen molar-refractivity contribution in [3.8, 4) is 5.88 Å². The second kappa shape index (κ2) is 6.93. The first-order chi connectivity index (χ1) is 12.6. The van der Waals surface area contributed by atoms with Crippen molar-refractivity contribution < 1.29 is 31.1 Å². The number of carbonyl (C=O) groups excluding carboxylic acids is 1. The van der Waals surface area contributed by atoms with E-state index in [1.807, 2.05) is 0 Å². The molecule has 0 bridgehead atoms. The Morgan fingerprint density at radius 2 is 1.85 bits per heavy atom. The quantitative estimate of drug-likeness (QED) is 0.722. The second-order valence-corrected chi connectivity index (χ2v) is 7.94. The van der Waals surface area contributed by atoms with Gasteiger partial charge >= 0.3 is 6.18 Å². The van der Waals surface area contributed by atoms with Gasteiger partial charge in [0.05, 0.1) is 18.0 Å². The topological polar surface area (TPSA) is 76.6 Å². The third-order valence-electron chi connectivity index (χ3n) is 3.99. The van der Waals surface area contributed by atoms with Crippen LogP contribution in [0.1, 0.15) is 23.0 Å². The summed E-state index contributed by atoms with van der Waals surface area (Å²) in [6.07, 6.45) is -5.19. The first kappa shape index (κ1) is 19.3. The SMILES string of the molecule is CC(=O)c1cccc(S(=O)(=O)N2CC(Oc3cccc(C(F)(F)F)n3)C2)c1. The number of hydrogen-bond donors (Lipinski definition) is 0. The maximum atomic E-state index is 12.7. The molecule has 0 amide bonds. The van der Waals surface area contributed by atoms with Gasteiger partial charge in [0.15, 0.2) is 5.78 Å². The number of Topliss-reactive ketones (excluding diaryl/α,β-unsaturated/α-hetero) is 1. The molecule has 2 heterocycles. The lowest BCUT2D eigenvalue weighted by Crippen LogP contribution is -2.56. The van der Waals surface area contributed by atoms with E-state index in [1.54, 1.807) is 0 Å². The number of sulfonamides is 1. The van der Waals surface area contributed by atoms with Gasteiger partial charge in [-0.1, -0.05) is 18.2 Å². The van der Waals surface area contributed by atoms with Gasteiger partial charge in [-0.05, 0) is 25.1 Å². The lowest BCUT2D eigenvalue weighted by Gasteiger charge is -2.37. The Morgan fingerprint density at radius 3 is 2.48 bits per heavy atom. The first-order valence-electron chi connectivity index (χ1n) is 7.89. The fourth-order valence-electron chi connectivity index (χ4n) is 2.51. The zero-order valence-electron chi connectivity index (χ0n) is 14.1. The molecule has 1 aliphatic rings. The van der Waals surface area contributed by atoms with E-state index in [0.717, 1.165) is 10.4 Å². The van der Waals surface area contributed by atoms with Gasteiger partial charge in [0.25, 0.3) is 0 Å². The molecule has 0 spiro atoms. The van der Waals surface area contributed by atoms with Crippen LogP contribution in [0.2, 0.25) is 0 Å². The van der Waals surface area contributed by atoms with Gasteiger partial charge in [-0.25, -0.2) is 13.4 Å². The Hall–Kier alpha value is -2.46. The van der Waals surface area contributed by atoms with E-state index in [1.165, 1.54) is 43.3 Å². The summed E-state index contributed by atoms with van der Waals surface area (Å²) in [5.74, 6) is -0.474. The Kier molecular flexibility index (Phi) is 4.96. The van der Waals surface area contributed by atoms with Crippen LogP contribution >= 0.6 is 0 Å². The molecule has 0 radical (unpaired) electrons. The molecule has 1 aromatic carbocycles. The molecule has 1 aliphatic heterocycles. The molecular weight excluding hydrogens is 385 g/mol. The smallest absolute Gasteiger partial charge is 0.433 e. The van der Waals surface area contributed by atoms with E-state index in [0.29, 0.717) is 0 Å². The predicted molar refractivity (Wildman–Crippen MR) is 88.9 cm³/mol. The van der Waals surface area contributed by atoms with Gasteiger partial charge in [0.1, 0.15) is 11.8 Å². The van der Waals surface area contributed by atoms with E-state index in [-0.39, 0.29) is 35.2 Å². The first-order valence-corrected chi connectivity index (χ1v) is 9.33. The number of ketones is 1. The third-order valence-corrected chi connectivity index (χ3v) is 5.82. The van der Waals surface area contributed by atoms with Crippen LogP contribution in [0.25, 0.3) is 0 Å². The largest absolute Gasteiger partial charge is 0.472 e. The van der Waals surface area contributed by atoms with Gasteiger partial charge in [0, 0.05) is 11.6 Å². The van der Waals surface area contributed by atoms with Crippen molar-refractivity contribution in [1.82, 2.24) is 9.29 Å². The van der Waals surface area contributed by atoms with Crippen LogP contribution in [0.3, 0.4) is 0 Å². The number of nitrogens with zero attached hydrogens (tertiary/aromatic N) is 2. The molecule has 1 saturated heterocycles. The van der Waals surface area contributed by atoms with Crippen molar-refractivity contribution in [2.45, 2.75) is 24.1 Å². The zero-order chi connectivity index (χ0) is 19.8. The number of benzene rings is 1. The van der Waals surface area contributed by atoms with Crippen molar-refractivity contribution in [2.75, 3.05) is 13.1 Å². The van der Waals surface area contributed by atoms with E-state index in [4.69, 9.17) is 4.74 Å². The molecule has 10 heteroatoms. The van der Waals surface area contributed by atoms with Crippen molar-refractivity contribution in [1.29, 1.82) is 0 Å². The molecule has 1 fully saturated rings. The minimum absolute atomic E-state index is 0.0224. The lowest BCUT2D eigenvalue weighted by atomic mass is 10.2. The van der Waals surface area contributed by atoms with Crippen molar-refractivity contribution in [3.05, 3.63) is 53.7 Å². The van der Waals surface area contributed by atoms with Crippen LogP contribution in [0.5, 0.6) is 5.88 Å². The number of ether oxygens (including phenoxy) is 1. The number of alkyl halides is 3. The molecule has 27 heavy (non-hydrogen) atoms. The molecular formula is C17H15F3N2O4S. The van der Waals surface area contributed by atoms with Crippen LogP contribution < -0.4 is 4.74 Å². The summed E-state index contributed by atoms with van der Waals surface area (Å²) in [7, 11) is -3.81. The monoisotopic (exact) mass is 400 g/mol. The van der Waals surface area contributed by atoms with Gasteiger partial charge in [-0.3, -0.25) is 4.79 Å². The van der Waals surface area contributed by atoms with E-state index in [2.05, 4.69) is 4.98 Å². The maximum Gasteiger partial charge on any atom is 0.433 e. The Balaban J connectivity index is 1.67. The highest BCUT2D eigenvalue weighted by Crippen LogP contribution is 2.30. The molecule has 0 saturated carbocycles. The Morgan fingerprint density at radius 1 is 1.19 bits per heavy atom. The maximum absolute atomic E-state index is 12.7. The van der Waals surface area contributed by atoms with Crippen molar-refractivity contribution in [2.24, 2.45) is 0 Å². The summed E-state index contributed by atoms with van der Waals surface area (Å²) in [6.45, 7) is 1.29. The summed E-state index contributed by atoms with van der Waals surface area (Å²) in [5, 5.41) is 0. The molecule has 0 unspecified atom stereocenters. The number of rotatable bonds is 5. The lowest BCUT2D eigenvalue weighted by molar-refractivity contribution is -0.141. The Bertz CT molecular complexity index is 970. The highest BCUT2D eigenvalue weighted by molar-refractivity contribution is 7.89. The van der Waals surface area contributed by atoms with E-state index < -0.39 is 28.0 Å². The summed E-state index contributed by atoms with van der Waals surface area (Å²) in [4.78, 5) is 14.8. The number of aromatic nitrogens is 1. The Labute approximate surface area is 153 Å². The van der Waals surface area contributed by atoms with Crippen LogP contribution in [0.4, 0.5) is 13.2 Å². The zero-order valence-corrected chi connectivity index (χ0v) is 14.9. The summed E-state index contributed by atoms with van der Waals surface area (Å²) < 4.78 is 69.6. The van der Waals surface area contributed by atoms with Gasteiger partial charge in [-0.2, -0.15) is 17.5 Å². The second-order valence-electron chi connectivity index (χ2n) is 6.00. The third kappa shape index (κ3) is 4.11. The molecule has 2 aromatic rings. The number of carbonyl (C=O) groups is 1. The fraction of sp³-hybridized carbons (Fsp3) is 0.294. The molecule has 144 valence electrons. The number of pyridine rings is 1. The van der Waals surface area contributed by atoms with E-state index >= 15 is 0 Å². The summed E-state index contributed by atoms with van der Waals surface area (Å²) >= 11 is 0. The van der Waals surface area contributed by atoms with Gasteiger partial charge in [-0.15, -0.1) is 0 Å². The minimum atomic E-state index is -4.59. The highest BCUT2D eigenvalue weighted by Gasteiger charge is 2.39. The van der Waals surface area contributed by atoms with Crippen LogP contribution in [0, 0.1) is 0 Å². The number of halogens is 3. The van der Waals surface area contributed by atoms with Gasteiger partial charge in [0.2, 0.25) is 15.9 Å². The molecule has 0 atom stereocenters. The molecule has 0 aliphatic carbocycles. The number of hydrogen-bond acceptors (Lipinski definition) is 5. The predicted octanol–water partition coefficient (Wildman–Crippen LogP) is 2.75. The van der Waals surface area contributed by atoms with Crippen LogP contribution in [-0.2, 0) is 16.2 Å². The van der Waals surface area contributed by atoms with Gasteiger partial charge < -0.3 is 4.74 Å². The molecule has 3 rings (SSSR count). The normalized spacial score (nSPS) is 16.0. The summed E-state index contributed by atoms with van der Waals surface area (Å²) in [6, 6.07) is 8.94. The molecule has 6 nitrogen and oxygen atoms in total. The van der Waals surface area contributed by atoms with Crippen LogP contribution in [0.15, 0.2) is 47.4 Å². The fourth-order valence-corrected chi connectivity index (χ4v) is 4.05. The molecule has 0 N–H and O–H groups in total.